The van der Waals surface area contributed by atoms with Gasteiger partial charge < -0.3 is 25.8 Å². The third-order valence-electron chi connectivity index (χ3n) is 4.49. The molecule has 0 fully saturated rings. The smallest absolute Gasteiger partial charge is 0.331 e. The molecule has 0 radical (unpaired) electrons. The number of benzene rings is 1. The number of esters is 1. The third-order valence-corrected chi connectivity index (χ3v) is 4.49. The molecule has 0 aromatic heterocycles. The van der Waals surface area contributed by atoms with Crippen LogP contribution in [0.5, 0.6) is 0 Å². The first kappa shape index (κ1) is 21.8. The zero-order chi connectivity index (χ0) is 21.1. The zero-order valence-electron chi connectivity index (χ0n) is 16.8. The van der Waals surface area contributed by atoms with Crippen molar-refractivity contribution in [3.63, 3.8) is 0 Å². The molecule has 1 aromatic carbocycles. The van der Waals surface area contributed by atoms with Crippen LogP contribution in [-0.2, 0) is 20.7 Å². The van der Waals surface area contributed by atoms with Gasteiger partial charge in [0.05, 0.1) is 12.1 Å². The molecule has 3 atom stereocenters. The quantitative estimate of drug-likeness (QED) is 0.597. The van der Waals surface area contributed by atoms with Gasteiger partial charge in [0.2, 0.25) is 5.91 Å². The van der Waals surface area contributed by atoms with Crippen molar-refractivity contribution in [1.82, 2.24) is 10.2 Å². The molecule has 1 aromatic rings. The minimum Gasteiger partial charge on any atom is -0.458 e. The highest BCUT2D eigenvalue weighted by molar-refractivity contribution is 5.97. The average Bonchev–Trinajstić information content (AvgIpc) is 2.61. The van der Waals surface area contributed by atoms with Gasteiger partial charge in [0.25, 0.3) is 5.91 Å². The third kappa shape index (κ3) is 5.08. The summed E-state index contributed by atoms with van der Waals surface area (Å²) in [6.07, 6.45) is -0.657. The lowest BCUT2D eigenvalue weighted by Crippen LogP contribution is -2.64. The Morgan fingerprint density at radius 3 is 2.54 bits per heavy atom. The van der Waals surface area contributed by atoms with E-state index in [2.05, 4.69) is 5.32 Å². The normalized spacial score (nSPS) is 17.4. The van der Waals surface area contributed by atoms with E-state index >= 15 is 0 Å². The van der Waals surface area contributed by atoms with Crippen LogP contribution in [0.25, 0.3) is 0 Å². The van der Waals surface area contributed by atoms with Crippen molar-refractivity contribution in [1.29, 1.82) is 0 Å². The number of aliphatic hydroxyl groups excluding tert-OH is 1. The number of nitrogens with zero attached hydrogens (tertiary/aromatic N) is 1. The molecule has 0 aliphatic carbocycles. The lowest BCUT2D eigenvalue weighted by atomic mass is 9.93. The number of carbonyl (C=O) groups excluding carboxylic acids is 3. The summed E-state index contributed by atoms with van der Waals surface area (Å²) in [5, 5.41) is 13.1. The molecule has 0 saturated carbocycles. The van der Waals surface area contributed by atoms with Gasteiger partial charge in [-0.1, -0.05) is 18.2 Å². The van der Waals surface area contributed by atoms with Gasteiger partial charge in [-0.2, -0.15) is 0 Å². The average molecular weight is 391 g/mol. The summed E-state index contributed by atoms with van der Waals surface area (Å²) in [6, 6.07) is 4.89. The van der Waals surface area contributed by atoms with Gasteiger partial charge in [0, 0.05) is 25.6 Å². The number of amides is 2. The Morgan fingerprint density at radius 2 is 1.96 bits per heavy atom. The largest absolute Gasteiger partial charge is 0.458 e. The van der Waals surface area contributed by atoms with Crippen LogP contribution in [0.2, 0.25) is 0 Å². The van der Waals surface area contributed by atoms with Crippen LogP contribution in [0, 0.1) is 0 Å². The van der Waals surface area contributed by atoms with Crippen molar-refractivity contribution >= 4 is 17.8 Å². The molecule has 0 spiro atoms. The zero-order valence-corrected chi connectivity index (χ0v) is 16.8. The molecule has 0 bridgehead atoms. The summed E-state index contributed by atoms with van der Waals surface area (Å²) in [5.74, 6) is -1.53. The number of hydrogen-bond donors (Lipinski definition) is 3. The molecular weight excluding hydrogens is 362 g/mol. The van der Waals surface area contributed by atoms with Crippen molar-refractivity contribution in [2.24, 2.45) is 5.73 Å². The number of aliphatic hydroxyl groups is 1. The predicted octanol–water partition coefficient (Wildman–Crippen LogP) is 0.220. The van der Waals surface area contributed by atoms with Gasteiger partial charge in [-0.3, -0.25) is 9.59 Å². The Kier molecular flexibility index (Phi) is 6.79. The lowest BCUT2D eigenvalue weighted by Gasteiger charge is -2.41. The second kappa shape index (κ2) is 8.70. The Hall–Kier alpha value is -2.45. The fourth-order valence-electron chi connectivity index (χ4n) is 3.35. The van der Waals surface area contributed by atoms with Crippen LogP contribution in [0.1, 0.15) is 43.6 Å². The monoisotopic (exact) mass is 391 g/mol. The first-order valence-electron chi connectivity index (χ1n) is 9.32. The highest BCUT2D eigenvalue weighted by atomic mass is 16.6. The van der Waals surface area contributed by atoms with Crippen LogP contribution in [0.4, 0.5) is 0 Å². The molecule has 1 heterocycles. The van der Waals surface area contributed by atoms with Crippen LogP contribution >= 0.6 is 0 Å². The molecule has 4 N–H and O–H groups in total. The molecule has 154 valence electrons. The van der Waals surface area contributed by atoms with Crippen LogP contribution < -0.4 is 11.1 Å². The lowest BCUT2D eigenvalue weighted by molar-refractivity contribution is -0.161. The first-order chi connectivity index (χ1) is 13.0. The number of nitrogens with one attached hydrogen (secondary N) is 1. The number of rotatable bonds is 6. The fourth-order valence-corrected chi connectivity index (χ4v) is 3.35. The van der Waals surface area contributed by atoms with Gasteiger partial charge in [0.15, 0.2) is 0 Å². The number of carbonyl (C=O) groups is 3. The molecule has 2 rings (SSSR count). The number of hydrogen-bond acceptors (Lipinski definition) is 6. The Balaban J connectivity index is 2.43. The number of ether oxygens (including phenoxy) is 1. The van der Waals surface area contributed by atoms with E-state index in [1.807, 2.05) is 12.1 Å². The van der Waals surface area contributed by atoms with Crippen molar-refractivity contribution in [2.75, 3.05) is 13.1 Å². The topological polar surface area (TPSA) is 122 Å². The highest BCUT2D eigenvalue weighted by Crippen LogP contribution is 2.24. The van der Waals surface area contributed by atoms with Crippen LogP contribution in [-0.4, -0.2) is 64.7 Å². The number of nitrogens with two attached hydrogens (primary N) is 1. The molecule has 3 unspecified atom stereocenters. The first-order valence-corrected chi connectivity index (χ1v) is 9.32. The Morgan fingerprint density at radius 1 is 1.32 bits per heavy atom. The van der Waals surface area contributed by atoms with E-state index in [0.717, 1.165) is 5.56 Å². The van der Waals surface area contributed by atoms with E-state index in [4.69, 9.17) is 10.5 Å². The summed E-state index contributed by atoms with van der Waals surface area (Å²) < 4.78 is 5.43. The minimum atomic E-state index is -1.25. The fraction of sp³-hybridized carbons (Fsp3) is 0.550. The standard InChI is InChI=1S/C20H29N3O5/c1-12(24)22-16(19(27)28-20(2,3)4)17(15(25)11-21)23-10-9-13-7-5-6-8-14(13)18(23)26/h5-8,15-17,25H,9-11,21H2,1-4H3,(H,22,24). The molecule has 28 heavy (non-hydrogen) atoms. The maximum absolute atomic E-state index is 13.1. The van der Waals surface area contributed by atoms with Crippen molar-refractivity contribution in [3.05, 3.63) is 35.4 Å². The van der Waals surface area contributed by atoms with Gasteiger partial charge in [0.1, 0.15) is 11.6 Å². The van der Waals surface area contributed by atoms with Gasteiger partial charge >= 0.3 is 5.97 Å². The Labute approximate surface area is 165 Å². The summed E-state index contributed by atoms with van der Waals surface area (Å²) in [7, 11) is 0. The van der Waals surface area contributed by atoms with E-state index in [-0.39, 0.29) is 19.0 Å². The van der Waals surface area contributed by atoms with E-state index in [9.17, 15) is 19.5 Å². The maximum Gasteiger partial charge on any atom is 0.331 e. The van der Waals surface area contributed by atoms with E-state index in [1.54, 1.807) is 32.9 Å². The molecule has 1 aliphatic rings. The highest BCUT2D eigenvalue weighted by Gasteiger charge is 2.43. The molecule has 1 aliphatic heterocycles. The molecule has 8 nitrogen and oxygen atoms in total. The van der Waals surface area contributed by atoms with Gasteiger partial charge in [-0.05, 0) is 38.8 Å². The van der Waals surface area contributed by atoms with E-state index in [0.29, 0.717) is 12.0 Å². The summed E-state index contributed by atoms with van der Waals surface area (Å²) >= 11 is 0. The summed E-state index contributed by atoms with van der Waals surface area (Å²) in [6.45, 7) is 6.47. The van der Waals surface area contributed by atoms with Crippen LogP contribution in [0.3, 0.4) is 0 Å². The van der Waals surface area contributed by atoms with Crippen molar-refractivity contribution in [3.8, 4) is 0 Å². The molecule has 8 heteroatoms. The predicted molar refractivity (Wildman–Crippen MR) is 103 cm³/mol. The number of fused-ring (bicyclic) bond motifs is 1. The second-order valence-electron chi connectivity index (χ2n) is 7.91. The van der Waals surface area contributed by atoms with Gasteiger partial charge in [-0.15, -0.1) is 0 Å². The summed E-state index contributed by atoms with van der Waals surface area (Å²) in [4.78, 5) is 39.1. The van der Waals surface area contributed by atoms with Gasteiger partial charge in [-0.25, -0.2) is 4.79 Å². The minimum absolute atomic E-state index is 0.186. The van der Waals surface area contributed by atoms with E-state index in [1.165, 1.54) is 11.8 Å². The molecular formula is C20H29N3O5. The summed E-state index contributed by atoms with van der Waals surface area (Å²) in [5.41, 5.74) is 6.27. The second-order valence-corrected chi connectivity index (χ2v) is 7.91. The SMILES string of the molecule is CC(=O)NC(C(=O)OC(C)(C)C)C(C(O)CN)N1CCc2ccccc2C1=O. The molecule has 0 saturated heterocycles. The maximum atomic E-state index is 13.1. The van der Waals surface area contributed by atoms with Crippen molar-refractivity contribution < 1.29 is 24.2 Å². The molecule has 2 amide bonds. The van der Waals surface area contributed by atoms with Crippen LogP contribution in [0.15, 0.2) is 24.3 Å². The van der Waals surface area contributed by atoms with E-state index < -0.39 is 35.7 Å². The Bertz CT molecular complexity index is 744. The van der Waals surface area contributed by atoms with Crippen molar-refractivity contribution in [2.45, 2.75) is 57.9 Å².